The Hall–Kier alpha value is -4.20. The fourth-order valence-corrected chi connectivity index (χ4v) is 3.44. The van der Waals surface area contributed by atoms with Crippen LogP contribution in [0, 0.1) is 0 Å². The van der Waals surface area contributed by atoms with Crippen molar-refractivity contribution in [2.45, 2.75) is 19.6 Å². The van der Waals surface area contributed by atoms with Crippen LogP contribution in [-0.2, 0) is 6.61 Å². The Morgan fingerprint density at radius 1 is 1.03 bits per heavy atom. The third-order valence-corrected chi connectivity index (χ3v) is 4.97. The first-order valence-corrected chi connectivity index (χ1v) is 9.93. The molecule has 4 aromatic heterocycles. The van der Waals surface area contributed by atoms with Crippen molar-refractivity contribution in [2.75, 3.05) is 0 Å². The lowest BCUT2D eigenvalue weighted by molar-refractivity contribution is 0.0937. The number of carbonyl (C=O) groups is 1. The van der Waals surface area contributed by atoms with Gasteiger partial charge in [0.1, 0.15) is 18.0 Å². The highest BCUT2D eigenvalue weighted by Crippen LogP contribution is 2.17. The number of carbonyl (C=O) groups excluding carboxylic acids is 1. The molecule has 0 saturated carbocycles. The molecule has 0 spiro atoms. The predicted molar refractivity (Wildman–Crippen MR) is 115 cm³/mol. The average Bonchev–Trinajstić information content (AvgIpc) is 3.42. The van der Waals surface area contributed by atoms with Crippen LogP contribution in [0.1, 0.15) is 34.8 Å². The van der Waals surface area contributed by atoms with Gasteiger partial charge in [0, 0.05) is 24.2 Å². The fraction of sp³-hybridized carbons (Fsp3) is 0.130. The van der Waals surface area contributed by atoms with E-state index in [9.17, 15) is 4.79 Å². The fourth-order valence-electron chi connectivity index (χ4n) is 3.44. The maximum absolute atomic E-state index is 12.8. The van der Waals surface area contributed by atoms with Gasteiger partial charge in [0.25, 0.3) is 5.91 Å². The van der Waals surface area contributed by atoms with Crippen molar-refractivity contribution in [1.29, 1.82) is 0 Å². The first kappa shape index (κ1) is 18.8. The van der Waals surface area contributed by atoms with Gasteiger partial charge in [0.2, 0.25) is 0 Å². The Bertz CT molecular complexity index is 1340. The number of rotatable bonds is 6. The standard InChI is InChI=1S/C23H20N6O2/c1-16(22-27-26-21-10-3-5-12-29(21)22)24-23(30)17-7-6-8-19(13-17)31-15-18-14-28-11-4-2-9-20(28)25-18/h2-14,16H,15H2,1H3,(H,24,30). The molecule has 1 atom stereocenters. The number of hydrogen-bond donors (Lipinski definition) is 1. The second-order valence-corrected chi connectivity index (χ2v) is 7.20. The molecule has 0 aliphatic rings. The maximum Gasteiger partial charge on any atom is 0.251 e. The van der Waals surface area contributed by atoms with Crippen LogP contribution < -0.4 is 10.1 Å². The van der Waals surface area contributed by atoms with Gasteiger partial charge < -0.3 is 14.5 Å². The van der Waals surface area contributed by atoms with E-state index in [4.69, 9.17) is 4.74 Å². The molecular weight excluding hydrogens is 392 g/mol. The summed E-state index contributed by atoms with van der Waals surface area (Å²) >= 11 is 0. The molecule has 1 N–H and O–H groups in total. The summed E-state index contributed by atoms with van der Waals surface area (Å²) in [5.74, 6) is 1.06. The van der Waals surface area contributed by atoms with Gasteiger partial charge in [-0.05, 0) is 49.4 Å². The van der Waals surface area contributed by atoms with Crippen LogP contribution in [0.2, 0.25) is 0 Å². The minimum Gasteiger partial charge on any atom is -0.487 e. The van der Waals surface area contributed by atoms with Gasteiger partial charge in [-0.3, -0.25) is 9.20 Å². The molecule has 1 aromatic carbocycles. The SMILES string of the molecule is CC(NC(=O)c1cccc(OCc2cn3ccccc3n2)c1)c1nnc2ccccn12. The molecule has 0 bridgehead atoms. The molecule has 154 valence electrons. The van der Waals surface area contributed by atoms with Crippen LogP contribution in [-0.4, -0.2) is 29.9 Å². The zero-order valence-corrected chi connectivity index (χ0v) is 16.8. The van der Waals surface area contributed by atoms with Gasteiger partial charge in [0.15, 0.2) is 11.5 Å². The minimum atomic E-state index is -0.313. The Morgan fingerprint density at radius 2 is 1.87 bits per heavy atom. The number of hydrogen-bond acceptors (Lipinski definition) is 5. The summed E-state index contributed by atoms with van der Waals surface area (Å²) in [4.78, 5) is 17.3. The van der Waals surface area contributed by atoms with Crippen LogP contribution in [0.5, 0.6) is 5.75 Å². The number of benzene rings is 1. The minimum absolute atomic E-state index is 0.210. The topological polar surface area (TPSA) is 85.8 Å². The summed E-state index contributed by atoms with van der Waals surface area (Å²) in [5.41, 5.74) is 2.92. The van der Waals surface area contributed by atoms with Crippen molar-refractivity contribution >= 4 is 17.2 Å². The molecule has 1 amide bonds. The van der Waals surface area contributed by atoms with Gasteiger partial charge in [-0.15, -0.1) is 10.2 Å². The molecule has 5 aromatic rings. The number of amides is 1. The third kappa shape index (κ3) is 3.83. The van der Waals surface area contributed by atoms with Gasteiger partial charge in [0.05, 0.1) is 11.7 Å². The van der Waals surface area contributed by atoms with E-state index < -0.39 is 0 Å². The van der Waals surface area contributed by atoms with Gasteiger partial charge >= 0.3 is 0 Å². The molecule has 0 radical (unpaired) electrons. The van der Waals surface area contributed by atoms with E-state index >= 15 is 0 Å². The van der Waals surface area contributed by atoms with Crippen molar-refractivity contribution < 1.29 is 9.53 Å². The van der Waals surface area contributed by atoms with Gasteiger partial charge in [-0.1, -0.05) is 18.2 Å². The van der Waals surface area contributed by atoms with Crippen LogP contribution >= 0.6 is 0 Å². The van der Waals surface area contributed by atoms with E-state index in [1.165, 1.54) is 0 Å². The van der Waals surface area contributed by atoms with E-state index in [1.54, 1.807) is 18.2 Å². The van der Waals surface area contributed by atoms with Crippen molar-refractivity contribution in [2.24, 2.45) is 0 Å². The number of fused-ring (bicyclic) bond motifs is 2. The van der Waals surface area contributed by atoms with Crippen molar-refractivity contribution in [3.05, 3.63) is 96.3 Å². The molecule has 31 heavy (non-hydrogen) atoms. The number of nitrogens with zero attached hydrogens (tertiary/aromatic N) is 5. The summed E-state index contributed by atoms with van der Waals surface area (Å²) in [6.07, 6.45) is 5.74. The van der Waals surface area contributed by atoms with Gasteiger partial charge in [-0.2, -0.15) is 0 Å². The number of nitrogens with one attached hydrogen (secondary N) is 1. The lowest BCUT2D eigenvalue weighted by Gasteiger charge is -2.13. The van der Waals surface area contributed by atoms with Gasteiger partial charge in [-0.25, -0.2) is 4.98 Å². The van der Waals surface area contributed by atoms with Crippen LogP contribution in [0.25, 0.3) is 11.3 Å². The Balaban J connectivity index is 1.27. The van der Waals surface area contributed by atoms with Crippen molar-refractivity contribution in [3.63, 3.8) is 0 Å². The largest absolute Gasteiger partial charge is 0.487 e. The summed E-state index contributed by atoms with van der Waals surface area (Å²) in [5, 5.41) is 11.3. The van der Waals surface area contributed by atoms with Crippen molar-refractivity contribution in [3.8, 4) is 5.75 Å². The number of pyridine rings is 2. The van der Waals surface area contributed by atoms with Crippen LogP contribution in [0.4, 0.5) is 0 Å². The molecule has 0 fully saturated rings. The summed E-state index contributed by atoms with van der Waals surface area (Å²) in [7, 11) is 0. The van der Waals surface area contributed by atoms with E-state index in [2.05, 4.69) is 20.5 Å². The summed E-state index contributed by atoms with van der Waals surface area (Å²) in [6, 6.07) is 18.3. The number of imidazole rings is 1. The smallest absolute Gasteiger partial charge is 0.251 e. The molecule has 0 saturated heterocycles. The van der Waals surface area contributed by atoms with Crippen LogP contribution in [0.3, 0.4) is 0 Å². The van der Waals surface area contributed by atoms with E-state index in [0.29, 0.717) is 23.7 Å². The number of aromatic nitrogens is 5. The van der Waals surface area contributed by atoms with Crippen molar-refractivity contribution in [1.82, 2.24) is 29.3 Å². The lowest BCUT2D eigenvalue weighted by Crippen LogP contribution is -2.28. The van der Waals surface area contributed by atoms with E-state index in [-0.39, 0.29) is 11.9 Å². The Labute approximate surface area is 178 Å². The molecule has 1 unspecified atom stereocenters. The second-order valence-electron chi connectivity index (χ2n) is 7.20. The highest BCUT2D eigenvalue weighted by molar-refractivity contribution is 5.94. The molecule has 5 rings (SSSR count). The second kappa shape index (κ2) is 7.91. The van der Waals surface area contributed by atoms with Crippen LogP contribution in [0.15, 0.2) is 79.3 Å². The molecule has 8 heteroatoms. The monoisotopic (exact) mass is 412 g/mol. The molecule has 4 heterocycles. The summed E-state index contributed by atoms with van der Waals surface area (Å²) < 4.78 is 9.67. The third-order valence-electron chi connectivity index (χ3n) is 4.97. The Kier molecular flexibility index (Phi) is 4.80. The highest BCUT2D eigenvalue weighted by atomic mass is 16.5. The molecule has 0 aliphatic carbocycles. The number of ether oxygens (including phenoxy) is 1. The molecular formula is C23H20N6O2. The zero-order chi connectivity index (χ0) is 21.2. The first-order valence-electron chi connectivity index (χ1n) is 9.93. The predicted octanol–water partition coefficient (Wildman–Crippen LogP) is 3.45. The van der Waals surface area contributed by atoms with E-state index in [0.717, 1.165) is 17.0 Å². The maximum atomic E-state index is 12.8. The molecule has 0 aliphatic heterocycles. The highest BCUT2D eigenvalue weighted by Gasteiger charge is 2.17. The average molecular weight is 412 g/mol. The zero-order valence-electron chi connectivity index (χ0n) is 16.8. The Morgan fingerprint density at radius 3 is 2.74 bits per heavy atom. The van der Waals surface area contributed by atoms with E-state index in [1.807, 2.05) is 76.8 Å². The quantitative estimate of drug-likeness (QED) is 0.462. The summed E-state index contributed by atoms with van der Waals surface area (Å²) in [6.45, 7) is 2.19. The molecule has 8 nitrogen and oxygen atoms in total. The lowest BCUT2D eigenvalue weighted by atomic mass is 10.2. The normalized spacial score (nSPS) is 12.2. The first-order chi connectivity index (χ1) is 15.2.